The Morgan fingerprint density at radius 2 is 2.00 bits per heavy atom. The van der Waals surface area contributed by atoms with E-state index in [1.807, 2.05) is 43.3 Å². The van der Waals surface area contributed by atoms with Crippen LogP contribution in [0.15, 0.2) is 48.5 Å². The Morgan fingerprint density at radius 3 is 2.75 bits per heavy atom. The van der Waals surface area contributed by atoms with E-state index in [-0.39, 0.29) is 11.8 Å². The van der Waals surface area contributed by atoms with Crippen molar-refractivity contribution in [2.75, 3.05) is 23.4 Å². The van der Waals surface area contributed by atoms with Gasteiger partial charge < -0.3 is 19.7 Å². The Labute approximate surface area is 165 Å². The van der Waals surface area contributed by atoms with Crippen molar-refractivity contribution in [3.8, 4) is 11.5 Å². The van der Waals surface area contributed by atoms with Crippen molar-refractivity contribution in [3.63, 3.8) is 0 Å². The number of para-hydroxylation sites is 1. The first kappa shape index (κ1) is 19.7. The van der Waals surface area contributed by atoms with Crippen LogP contribution in [0.3, 0.4) is 0 Å². The van der Waals surface area contributed by atoms with Crippen molar-refractivity contribution in [3.05, 3.63) is 48.5 Å². The molecular weight excluding hydrogens is 356 g/mol. The molecule has 0 fully saturated rings. The molecule has 0 saturated heterocycles. The lowest BCUT2D eigenvalue weighted by Gasteiger charge is -2.33. The van der Waals surface area contributed by atoms with Crippen LogP contribution in [-0.4, -0.2) is 31.1 Å². The summed E-state index contributed by atoms with van der Waals surface area (Å²) in [6.07, 6.45) is 1.32. The fourth-order valence-corrected chi connectivity index (χ4v) is 3.11. The first-order valence-corrected chi connectivity index (χ1v) is 9.68. The molecule has 2 aromatic rings. The van der Waals surface area contributed by atoms with Crippen molar-refractivity contribution >= 4 is 23.2 Å². The third-order valence-corrected chi connectivity index (χ3v) is 4.46. The second kappa shape index (κ2) is 9.26. The summed E-state index contributed by atoms with van der Waals surface area (Å²) in [6, 6.07) is 14.9. The van der Waals surface area contributed by atoms with Gasteiger partial charge in [-0.2, -0.15) is 0 Å². The van der Waals surface area contributed by atoms with Crippen LogP contribution in [0.1, 0.15) is 33.1 Å². The summed E-state index contributed by atoms with van der Waals surface area (Å²) in [4.78, 5) is 26.3. The topological polar surface area (TPSA) is 67.9 Å². The van der Waals surface area contributed by atoms with Crippen molar-refractivity contribution in [2.45, 2.75) is 39.2 Å². The fourth-order valence-electron chi connectivity index (χ4n) is 3.11. The number of amides is 2. The Morgan fingerprint density at radius 1 is 1.21 bits per heavy atom. The quantitative estimate of drug-likeness (QED) is 0.701. The minimum absolute atomic E-state index is 0.0375. The molecule has 1 atom stereocenters. The number of anilines is 2. The van der Waals surface area contributed by atoms with Gasteiger partial charge in [0.15, 0.2) is 6.10 Å². The molecule has 0 radical (unpaired) electrons. The predicted molar refractivity (Wildman–Crippen MR) is 109 cm³/mol. The standard InChI is InChI=1S/C22H26N2O4/c1-3-13-24-19-12-11-17(15-20(19)28-16(2)22(24)26)23-21(25)10-7-14-27-18-8-5-4-6-9-18/h4-6,8-9,11-12,15-16H,3,7,10,13-14H2,1-2H3,(H,23,25). The van der Waals surface area contributed by atoms with Crippen LogP contribution in [0.25, 0.3) is 0 Å². The molecular formula is C22H26N2O4. The zero-order valence-corrected chi connectivity index (χ0v) is 16.3. The molecule has 1 aliphatic rings. The summed E-state index contributed by atoms with van der Waals surface area (Å²) in [5.74, 6) is 1.30. The molecule has 1 N–H and O–H groups in total. The van der Waals surface area contributed by atoms with Gasteiger partial charge in [-0.25, -0.2) is 0 Å². The largest absolute Gasteiger partial charge is 0.494 e. The van der Waals surface area contributed by atoms with E-state index in [0.29, 0.717) is 37.4 Å². The number of hydrogen-bond donors (Lipinski definition) is 1. The average molecular weight is 382 g/mol. The van der Waals surface area contributed by atoms with Crippen LogP contribution in [0.5, 0.6) is 11.5 Å². The molecule has 0 bridgehead atoms. The SMILES string of the molecule is CCCN1C(=O)C(C)Oc2cc(NC(=O)CCCOc3ccccc3)ccc21. The summed E-state index contributed by atoms with van der Waals surface area (Å²) in [7, 11) is 0. The van der Waals surface area contributed by atoms with Crippen molar-refractivity contribution in [2.24, 2.45) is 0 Å². The number of fused-ring (bicyclic) bond motifs is 1. The third-order valence-electron chi connectivity index (χ3n) is 4.46. The van der Waals surface area contributed by atoms with Gasteiger partial charge in [-0.15, -0.1) is 0 Å². The van der Waals surface area contributed by atoms with Crippen LogP contribution in [0.4, 0.5) is 11.4 Å². The van der Waals surface area contributed by atoms with E-state index >= 15 is 0 Å². The second-order valence-corrected chi connectivity index (χ2v) is 6.75. The number of nitrogens with zero attached hydrogens (tertiary/aromatic N) is 1. The number of rotatable bonds is 8. The van der Waals surface area contributed by atoms with E-state index in [0.717, 1.165) is 17.9 Å². The molecule has 0 aromatic heterocycles. The van der Waals surface area contributed by atoms with E-state index in [1.54, 1.807) is 24.0 Å². The molecule has 1 heterocycles. The van der Waals surface area contributed by atoms with Crippen molar-refractivity contribution in [1.29, 1.82) is 0 Å². The number of hydrogen-bond acceptors (Lipinski definition) is 4. The van der Waals surface area contributed by atoms with Crippen LogP contribution < -0.4 is 19.7 Å². The van der Waals surface area contributed by atoms with Crippen LogP contribution in [-0.2, 0) is 9.59 Å². The molecule has 0 spiro atoms. The highest BCUT2D eigenvalue weighted by atomic mass is 16.5. The van der Waals surface area contributed by atoms with E-state index in [9.17, 15) is 9.59 Å². The van der Waals surface area contributed by atoms with Gasteiger partial charge in [0.2, 0.25) is 5.91 Å². The zero-order valence-electron chi connectivity index (χ0n) is 16.3. The summed E-state index contributed by atoms with van der Waals surface area (Å²) in [6.45, 7) is 4.90. The van der Waals surface area contributed by atoms with Gasteiger partial charge in [-0.3, -0.25) is 9.59 Å². The van der Waals surface area contributed by atoms with Gasteiger partial charge in [-0.1, -0.05) is 25.1 Å². The number of carbonyl (C=O) groups is 2. The summed E-state index contributed by atoms with van der Waals surface area (Å²) in [5, 5.41) is 2.89. The molecule has 3 rings (SSSR count). The first-order valence-electron chi connectivity index (χ1n) is 9.68. The van der Waals surface area contributed by atoms with Gasteiger partial charge in [0.05, 0.1) is 12.3 Å². The molecule has 1 aliphatic heterocycles. The van der Waals surface area contributed by atoms with Gasteiger partial charge in [-0.05, 0) is 44.0 Å². The summed E-state index contributed by atoms with van der Waals surface area (Å²) < 4.78 is 11.3. The number of carbonyl (C=O) groups excluding carboxylic acids is 2. The number of nitrogens with one attached hydrogen (secondary N) is 1. The van der Waals surface area contributed by atoms with E-state index < -0.39 is 6.10 Å². The maximum atomic E-state index is 12.3. The van der Waals surface area contributed by atoms with Gasteiger partial charge in [0, 0.05) is 24.7 Å². The van der Waals surface area contributed by atoms with Crippen molar-refractivity contribution in [1.82, 2.24) is 0 Å². The lowest BCUT2D eigenvalue weighted by Crippen LogP contribution is -2.44. The highest BCUT2D eigenvalue weighted by Crippen LogP contribution is 2.36. The average Bonchev–Trinajstić information content (AvgIpc) is 2.69. The van der Waals surface area contributed by atoms with E-state index in [1.165, 1.54) is 0 Å². The molecule has 0 saturated carbocycles. The van der Waals surface area contributed by atoms with E-state index in [4.69, 9.17) is 9.47 Å². The lowest BCUT2D eigenvalue weighted by molar-refractivity contribution is -0.125. The molecule has 0 aliphatic carbocycles. The Balaban J connectivity index is 1.54. The third kappa shape index (κ3) is 4.82. The molecule has 148 valence electrons. The second-order valence-electron chi connectivity index (χ2n) is 6.75. The Bertz CT molecular complexity index is 823. The first-order chi connectivity index (χ1) is 13.6. The molecule has 28 heavy (non-hydrogen) atoms. The normalized spacial score (nSPS) is 15.6. The highest BCUT2D eigenvalue weighted by Gasteiger charge is 2.31. The molecule has 1 unspecified atom stereocenters. The lowest BCUT2D eigenvalue weighted by atomic mass is 10.1. The summed E-state index contributed by atoms with van der Waals surface area (Å²) >= 11 is 0. The predicted octanol–water partition coefficient (Wildman–Crippen LogP) is 4.01. The fraction of sp³-hybridized carbons (Fsp3) is 0.364. The van der Waals surface area contributed by atoms with Crippen LogP contribution >= 0.6 is 0 Å². The number of benzene rings is 2. The maximum Gasteiger partial charge on any atom is 0.267 e. The van der Waals surface area contributed by atoms with Gasteiger partial charge in [0.25, 0.3) is 5.91 Å². The minimum atomic E-state index is -0.528. The minimum Gasteiger partial charge on any atom is -0.494 e. The Kier molecular flexibility index (Phi) is 6.53. The van der Waals surface area contributed by atoms with Crippen molar-refractivity contribution < 1.29 is 19.1 Å². The Hall–Kier alpha value is -3.02. The molecule has 6 nitrogen and oxygen atoms in total. The highest BCUT2D eigenvalue weighted by molar-refractivity contribution is 6.00. The van der Waals surface area contributed by atoms with Crippen LogP contribution in [0, 0.1) is 0 Å². The van der Waals surface area contributed by atoms with Crippen LogP contribution in [0.2, 0.25) is 0 Å². The monoisotopic (exact) mass is 382 g/mol. The number of ether oxygens (including phenoxy) is 2. The molecule has 2 aromatic carbocycles. The van der Waals surface area contributed by atoms with E-state index in [2.05, 4.69) is 5.32 Å². The smallest absolute Gasteiger partial charge is 0.267 e. The van der Waals surface area contributed by atoms with Gasteiger partial charge in [0.1, 0.15) is 11.5 Å². The molecule has 6 heteroatoms. The van der Waals surface area contributed by atoms with Gasteiger partial charge >= 0.3 is 0 Å². The zero-order chi connectivity index (χ0) is 19.9. The molecule has 2 amide bonds. The maximum absolute atomic E-state index is 12.3. The summed E-state index contributed by atoms with van der Waals surface area (Å²) in [5.41, 5.74) is 1.41.